The van der Waals surface area contributed by atoms with Crippen LogP contribution in [0.1, 0.15) is 18.5 Å². The number of likely N-dealkylation sites (N-methyl/N-ethyl adjacent to an activating group) is 1. The predicted octanol–water partition coefficient (Wildman–Crippen LogP) is 2.96. The third-order valence-electron chi connectivity index (χ3n) is 4.18. The Hall–Kier alpha value is -2.10. The fourth-order valence-electron chi connectivity index (χ4n) is 2.57. The third kappa shape index (κ3) is 5.24. The van der Waals surface area contributed by atoms with E-state index in [0.717, 1.165) is 14.3 Å². The van der Waals surface area contributed by atoms with E-state index >= 15 is 0 Å². The summed E-state index contributed by atoms with van der Waals surface area (Å²) in [5, 5.41) is 2.81. The molecule has 0 saturated carbocycles. The van der Waals surface area contributed by atoms with Gasteiger partial charge in [0, 0.05) is 17.6 Å². The highest BCUT2D eigenvalue weighted by Gasteiger charge is 2.25. The normalized spacial score (nSPS) is 12.5. The van der Waals surface area contributed by atoms with Crippen LogP contribution in [-0.2, 0) is 14.8 Å². The molecule has 1 amide bonds. The van der Waals surface area contributed by atoms with Crippen LogP contribution in [0.2, 0.25) is 0 Å². The zero-order chi connectivity index (χ0) is 20.9. The van der Waals surface area contributed by atoms with Gasteiger partial charge < -0.3 is 14.8 Å². The van der Waals surface area contributed by atoms with Crippen molar-refractivity contribution >= 4 is 31.9 Å². The van der Waals surface area contributed by atoms with Gasteiger partial charge in [0.2, 0.25) is 15.9 Å². The topological polar surface area (TPSA) is 84.9 Å². The average molecular weight is 471 g/mol. The molecule has 9 heteroatoms. The van der Waals surface area contributed by atoms with Crippen LogP contribution in [0.3, 0.4) is 0 Å². The Morgan fingerprint density at radius 3 is 2.29 bits per heavy atom. The van der Waals surface area contributed by atoms with E-state index in [9.17, 15) is 13.2 Å². The lowest BCUT2D eigenvalue weighted by molar-refractivity contribution is -0.121. The van der Waals surface area contributed by atoms with E-state index in [1.807, 2.05) is 31.2 Å². The number of nitrogens with zero attached hydrogens (tertiary/aromatic N) is 1. The van der Waals surface area contributed by atoms with E-state index in [1.54, 1.807) is 0 Å². The number of hydrogen-bond acceptors (Lipinski definition) is 5. The molecule has 2 rings (SSSR count). The first kappa shape index (κ1) is 22.2. The summed E-state index contributed by atoms with van der Waals surface area (Å²) in [6.45, 7) is 1.53. The average Bonchev–Trinajstić information content (AvgIpc) is 2.67. The fourth-order valence-corrected chi connectivity index (χ4v) is 3.97. The second-order valence-electron chi connectivity index (χ2n) is 6.12. The highest BCUT2D eigenvalue weighted by molar-refractivity contribution is 9.10. The molecule has 0 heterocycles. The van der Waals surface area contributed by atoms with Crippen molar-refractivity contribution in [3.05, 3.63) is 52.5 Å². The maximum absolute atomic E-state index is 12.8. The first-order chi connectivity index (χ1) is 13.2. The van der Waals surface area contributed by atoms with Gasteiger partial charge in [-0.05, 0) is 36.8 Å². The second-order valence-corrected chi connectivity index (χ2v) is 9.08. The number of ether oxygens (including phenoxy) is 2. The second kappa shape index (κ2) is 9.40. The standard InChI is InChI=1S/C19H23BrN2O5S/c1-13(14-5-7-15(20)8-6-14)21-19(23)12-22(2)28(24,25)16-9-10-17(26-3)18(11-16)27-4/h5-11,13H,12H2,1-4H3,(H,21,23). The van der Waals surface area contributed by atoms with Gasteiger partial charge in [-0.3, -0.25) is 4.79 Å². The summed E-state index contributed by atoms with van der Waals surface area (Å²) in [7, 11) is 0.383. The summed E-state index contributed by atoms with van der Waals surface area (Å²) in [5.41, 5.74) is 0.918. The molecule has 2 aromatic rings. The van der Waals surface area contributed by atoms with Crippen molar-refractivity contribution in [2.45, 2.75) is 17.9 Å². The molecule has 0 aliphatic heterocycles. The van der Waals surface area contributed by atoms with Crippen molar-refractivity contribution in [2.75, 3.05) is 27.8 Å². The summed E-state index contributed by atoms with van der Waals surface area (Å²) < 4.78 is 37.8. The molecule has 0 fully saturated rings. The predicted molar refractivity (Wildman–Crippen MR) is 110 cm³/mol. The zero-order valence-corrected chi connectivity index (χ0v) is 18.5. The number of amides is 1. The number of carbonyl (C=O) groups excluding carboxylic acids is 1. The van der Waals surface area contributed by atoms with Crippen LogP contribution >= 0.6 is 15.9 Å². The number of sulfonamides is 1. The Labute approximate surface area is 173 Å². The van der Waals surface area contributed by atoms with Gasteiger partial charge in [-0.25, -0.2) is 8.42 Å². The molecule has 1 N–H and O–H groups in total. The minimum absolute atomic E-state index is 0.0152. The first-order valence-corrected chi connectivity index (χ1v) is 10.7. The van der Waals surface area contributed by atoms with E-state index in [1.165, 1.54) is 39.5 Å². The van der Waals surface area contributed by atoms with Gasteiger partial charge in [-0.15, -0.1) is 0 Å². The van der Waals surface area contributed by atoms with Gasteiger partial charge in [0.1, 0.15) is 0 Å². The fraction of sp³-hybridized carbons (Fsp3) is 0.316. The Balaban J connectivity index is 2.08. The van der Waals surface area contributed by atoms with Crippen molar-refractivity contribution in [3.8, 4) is 11.5 Å². The number of halogens is 1. The van der Waals surface area contributed by atoms with E-state index in [4.69, 9.17) is 9.47 Å². The van der Waals surface area contributed by atoms with E-state index in [-0.39, 0.29) is 17.5 Å². The van der Waals surface area contributed by atoms with Crippen LogP contribution in [0.4, 0.5) is 0 Å². The monoisotopic (exact) mass is 470 g/mol. The summed E-state index contributed by atoms with van der Waals surface area (Å²) in [6, 6.07) is 11.6. The molecule has 2 aromatic carbocycles. The lowest BCUT2D eigenvalue weighted by atomic mass is 10.1. The molecule has 152 valence electrons. The minimum Gasteiger partial charge on any atom is -0.493 e. The highest BCUT2D eigenvalue weighted by atomic mass is 79.9. The van der Waals surface area contributed by atoms with Gasteiger partial charge in [0.25, 0.3) is 0 Å². The SMILES string of the molecule is COc1ccc(S(=O)(=O)N(C)CC(=O)NC(C)c2ccc(Br)cc2)cc1OC. The van der Waals surface area contributed by atoms with Gasteiger partial charge in [0.05, 0.1) is 31.7 Å². The molecule has 28 heavy (non-hydrogen) atoms. The molecular weight excluding hydrogens is 448 g/mol. The molecule has 0 radical (unpaired) electrons. The maximum atomic E-state index is 12.8. The molecule has 1 unspecified atom stereocenters. The molecule has 1 atom stereocenters. The van der Waals surface area contributed by atoms with Crippen LogP contribution < -0.4 is 14.8 Å². The maximum Gasteiger partial charge on any atom is 0.243 e. The van der Waals surface area contributed by atoms with Crippen molar-refractivity contribution in [1.29, 1.82) is 0 Å². The van der Waals surface area contributed by atoms with Gasteiger partial charge in [-0.2, -0.15) is 4.31 Å². The van der Waals surface area contributed by atoms with Gasteiger partial charge in [-0.1, -0.05) is 28.1 Å². The van der Waals surface area contributed by atoms with E-state index in [0.29, 0.717) is 11.5 Å². The van der Waals surface area contributed by atoms with Crippen LogP contribution in [0.25, 0.3) is 0 Å². The summed E-state index contributed by atoms with van der Waals surface area (Å²) in [4.78, 5) is 12.3. The third-order valence-corrected chi connectivity index (χ3v) is 6.51. The Morgan fingerprint density at radius 1 is 1.11 bits per heavy atom. The van der Waals surface area contributed by atoms with Crippen LogP contribution in [0, 0.1) is 0 Å². The molecule has 7 nitrogen and oxygen atoms in total. The van der Waals surface area contributed by atoms with Crippen LogP contribution in [0.15, 0.2) is 51.8 Å². The number of hydrogen-bond donors (Lipinski definition) is 1. The van der Waals surface area contributed by atoms with Crippen molar-refractivity contribution in [1.82, 2.24) is 9.62 Å². The molecule has 0 bridgehead atoms. The lowest BCUT2D eigenvalue weighted by Crippen LogP contribution is -2.39. The molecule has 0 saturated heterocycles. The first-order valence-electron chi connectivity index (χ1n) is 8.42. The molecular formula is C19H23BrN2O5S. The molecule has 0 spiro atoms. The smallest absolute Gasteiger partial charge is 0.243 e. The van der Waals surface area contributed by atoms with E-state index in [2.05, 4.69) is 21.2 Å². The highest BCUT2D eigenvalue weighted by Crippen LogP contribution is 2.30. The largest absolute Gasteiger partial charge is 0.493 e. The van der Waals surface area contributed by atoms with Crippen molar-refractivity contribution in [3.63, 3.8) is 0 Å². The van der Waals surface area contributed by atoms with Gasteiger partial charge in [0.15, 0.2) is 11.5 Å². The van der Waals surface area contributed by atoms with Crippen molar-refractivity contribution < 1.29 is 22.7 Å². The van der Waals surface area contributed by atoms with E-state index < -0.39 is 15.9 Å². The van der Waals surface area contributed by atoms with Gasteiger partial charge >= 0.3 is 0 Å². The number of nitrogens with one attached hydrogen (secondary N) is 1. The quantitative estimate of drug-likeness (QED) is 0.640. The molecule has 0 aliphatic carbocycles. The van der Waals surface area contributed by atoms with Crippen LogP contribution in [0.5, 0.6) is 11.5 Å². The zero-order valence-electron chi connectivity index (χ0n) is 16.1. The summed E-state index contributed by atoms with van der Waals surface area (Å²) >= 11 is 3.36. The number of methoxy groups -OCH3 is 2. The lowest BCUT2D eigenvalue weighted by Gasteiger charge is -2.20. The Kier molecular flexibility index (Phi) is 7.45. The molecule has 0 aromatic heterocycles. The Morgan fingerprint density at radius 2 is 1.71 bits per heavy atom. The van der Waals surface area contributed by atoms with Crippen LogP contribution in [-0.4, -0.2) is 46.4 Å². The summed E-state index contributed by atoms with van der Waals surface area (Å²) in [6.07, 6.45) is 0. The Bertz CT molecular complexity index is 932. The molecule has 0 aliphatic rings. The minimum atomic E-state index is -3.87. The summed E-state index contributed by atoms with van der Waals surface area (Å²) in [5.74, 6) is 0.317. The number of benzene rings is 2. The number of carbonyl (C=O) groups is 1. The number of rotatable bonds is 8. The van der Waals surface area contributed by atoms with Crippen molar-refractivity contribution in [2.24, 2.45) is 0 Å².